The van der Waals surface area contributed by atoms with Crippen LogP contribution < -0.4 is 4.74 Å². The van der Waals surface area contributed by atoms with E-state index in [1.165, 1.54) is 10.5 Å². The number of nitrogens with zero attached hydrogens (tertiary/aromatic N) is 4. The van der Waals surface area contributed by atoms with E-state index >= 15 is 0 Å². The number of hydrogen-bond acceptors (Lipinski definition) is 5. The lowest BCUT2D eigenvalue weighted by molar-refractivity contribution is 0.143. The van der Waals surface area contributed by atoms with Crippen molar-refractivity contribution >= 4 is 6.09 Å². The molecule has 0 unspecified atom stereocenters. The van der Waals surface area contributed by atoms with Crippen LogP contribution in [0.1, 0.15) is 23.2 Å². The maximum atomic E-state index is 11.1. The summed E-state index contributed by atoms with van der Waals surface area (Å²) in [6, 6.07) is 10.4. The molecule has 0 radical (unpaired) electrons. The van der Waals surface area contributed by atoms with E-state index in [0.29, 0.717) is 25.4 Å². The number of rotatable bonds is 4. The monoisotopic (exact) mass is 354 g/mol. The van der Waals surface area contributed by atoms with Crippen LogP contribution in [0.2, 0.25) is 0 Å². The fourth-order valence-electron chi connectivity index (χ4n) is 3.61. The van der Waals surface area contributed by atoms with Crippen molar-refractivity contribution in [2.24, 2.45) is 0 Å². The van der Waals surface area contributed by atoms with Crippen LogP contribution in [0.5, 0.6) is 5.88 Å². The van der Waals surface area contributed by atoms with Gasteiger partial charge in [-0.2, -0.15) is 0 Å². The topological polar surface area (TPSA) is 78.8 Å². The van der Waals surface area contributed by atoms with Crippen molar-refractivity contribution in [3.63, 3.8) is 0 Å². The van der Waals surface area contributed by atoms with Gasteiger partial charge in [0.15, 0.2) is 0 Å². The van der Waals surface area contributed by atoms with Gasteiger partial charge >= 0.3 is 6.09 Å². The molecule has 2 aliphatic rings. The molecule has 1 aromatic heterocycles. The summed E-state index contributed by atoms with van der Waals surface area (Å²) in [5.74, 6) is 0.602. The molecule has 1 fully saturated rings. The first-order chi connectivity index (χ1) is 12.7. The molecule has 26 heavy (non-hydrogen) atoms. The van der Waals surface area contributed by atoms with E-state index in [1.807, 2.05) is 6.07 Å². The Bertz CT molecular complexity index is 784. The Hall–Kier alpha value is -2.67. The quantitative estimate of drug-likeness (QED) is 0.906. The number of amides is 1. The van der Waals surface area contributed by atoms with E-state index in [0.717, 1.165) is 37.3 Å². The fraction of sp³-hybridized carbons (Fsp3) is 0.421. The highest BCUT2D eigenvalue weighted by molar-refractivity contribution is 5.65. The summed E-state index contributed by atoms with van der Waals surface area (Å²) in [5, 5.41) is 9.10. The van der Waals surface area contributed by atoms with Gasteiger partial charge in [-0.1, -0.05) is 30.3 Å². The lowest BCUT2D eigenvalue weighted by Crippen LogP contribution is -2.32. The average molecular weight is 354 g/mol. The van der Waals surface area contributed by atoms with Gasteiger partial charge in [-0.05, 0) is 5.56 Å². The summed E-state index contributed by atoms with van der Waals surface area (Å²) in [7, 11) is 0. The Morgan fingerprint density at radius 2 is 2.08 bits per heavy atom. The molecule has 7 heteroatoms. The molecule has 1 N–H and O–H groups in total. The van der Waals surface area contributed by atoms with Crippen LogP contribution in [0, 0.1) is 0 Å². The molecule has 136 valence electrons. The van der Waals surface area contributed by atoms with Crippen LogP contribution in [0.25, 0.3) is 0 Å². The minimum absolute atomic E-state index is 0.144. The van der Waals surface area contributed by atoms with Crippen LogP contribution in [0.15, 0.2) is 36.7 Å². The number of ether oxygens (including phenoxy) is 1. The van der Waals surface area contributed by atoms with Crippen molar-refractivity contribution in [3.05, 3.63) is 53.5 Å². The molecule has 0 saturated carbocycles. The molecule has 0 spiro atoms. The second-order valence-electron chi connectivity index (χ2n) is 6.81. The van der Waals surface area contributed by atoms with Gasteiger partial charge in [0.1, 0.15) is 12.4 Å². The third-order valence-corrected chi connectivity index (χ3v) is 4.98. The lowest BCUT2D eigenvalue weighted by atomic mass is 10.1. The number of aromatic nitrogens is 2. The minimum Gasteiger partial charge on any atom is -0.472 e. The largest absolute Gasteiger partial charge is 0.472 e. The van der Waals surface area contributed by atoms with Gasteiger partial charge in [0.25, 0.3) is 0 Å². The molecular formula is C19H22N4O3. The third kappa shape index (κ3) is 3.62. The van der Waals surface area contributed by atoms with Gasteiger partial charge < -0.3 is 14.7 Å². The summed E-state index contributed by atoms with van der Waals surface area (Å²) in [4.78, 5) is 23.6. The van der Waals surface area contributed by atoms with Crippen LogP contribution in [-0.4, -0.2) is 56.7 Å². The van der Waals surface area contributed by atoms with Crippen molar-refractivity contribution in [1.82, 2.24) is 19.8 Å². The third-order valence-electron chi connectivity index (χ3n) is 4.98. The highest BCUT2D eigenvalue weighted by Gasteiger charge is 2.29. The Kier molecular flexibility index (Phi) is 4.71. The zero-order valence-corrected chi connectivity index (χ0v) is 14.5. The Balaban J connectivity index is 1.46. The van der Waals surface area contributed by atoms with Gasteiger partial charge in [-0.25, -0.2) is 14.8 Å². The molecule has 4 rings (SSSR count). The van der Waals surface area contributed by atoms with Crippen LogP contribution in [-0.2, 0) is 19.5 Å². The molecule has 1 aromatic carbocycles. The lowest BCUT2D eigenvalue weighted by Gasteiger charge is -2.29. The number of carboxylic acid groups (broad SMARTS) is 1. The highest BCUT2D eigenvalue weighted by Crippen LogP contribution is 2.27. The van der Waals surface area contributed by atoms with Crippen molar-refractivity contribution in [2.45, 2.75) is 32.0 Å². The summed E-state index contributed by atoms with van der Waals surface area (Å²) < 4.78 is 6.07. The second kappa shape index (κ2) is 7.29. The Labute approximate surface area is 152 Å². The van der Waals surface area contributed by atoms with Gasteiger partial charge in [0.05, 0.1) is 12.2 Å². The van der Waals surface area contributed by atoms with E-state index in [2.05, 4.69) is 39.1 Å². The molecule has 7 nitrogen and oxygen atoms in total. The van der Waals surface area contributed by atoms with Crippen LogP contribution in [0.4, 0.5) is 4.79 Å². The molecule has 1 amide bonds. The van der Waals surface area contributed by atoms with Crippen molar-refractivity contribution < 1.29 is 14.6 Å². The maximum Gasteiger partial charge on any atom is 0.407 e. The van der Waals surface area contributed by atoms with Gasteiger partial charge in [0.2, 0.25) is 5.88 Å². The minimum atomic E-state index is -0.894. The molecule has 2 aromatic rings. The zero-order valence-electron chi connectivity index (χ0n) is 14.5. The standard InChI is InChI=1S/C19H22N4O3/c24-19(25)23-9-6-15(11-23)26-18-16-12-22(8-7-17(16)20-13-21-18)10-14-4-2-1-3-5-14/h1-5,13,15H,6-12H2,(H,24,25)/t15-/m0/s1. The number of carbonyl (C=O) groups is 1. The van der Waals surface area contributed by atoms with Crippen molar-refractivity contribution in [3.8, 4) is 5.88 Å². The normalized spacial score (nSPS) is 20.0. The number of benzene rings is 1. The van der Waals surface area contributed by atoms with Crippen molar-refractivity contribution in [1.29, 1.82) is 0 Å². The summed E-state index contributed by atoms with van der Waals surface area (Å²) in [6.45, 7) is 3.48. The van der Waals surface area contributed by atoms with E-state index in [-0.39, 0.29) is 6.10 Å². The fourth-order valence-corrected chi connectivity index (χ4v) is 3.61. The number of fused-ring (bicyclic) bond motifs is 1. The molecule has 3 heterocycles. The first-order valence-corrected chi connectivity index (χ1v) is 8.92. The Morgan fingerprint density at radius 1 is 1.23 bits per heavy atom. The van der Waals surface area contributed by atoms with Crippen LogP contribution >= 0.6 is 0 Å². The number of hydrogen-bond donors (Lipinski definition) is 1. The summed E-state index contributed by atoms with van der Waals surface area (Å²) in [6.07, 6.45) is 2.07. The molecule has 1 atom stereocenters. The molecule has 1 saturated heterocycles. The van der Waals surface area contributed by atoms with E-state index in [4.69, 9.17) is 9.84 Å². The van der Waals surface area contributed by atoms with Gasteiger partial charge in [0, 0.05) is 44.6 Å². The molecular weight excluding hydrogens is 332 g/mol. The first kappa shape index (κ1) is 16.8. The SMILES string of the molecule is O=C(O)N1CC[C@H](Oc2ncnc3c2CN(Cc2ccccc2)CC3)C1. The predicted octanol–water partition coefficient (Wildman–Crippen LogP) is 2.17. The van der Waals surface area contributed by atoms with Crippen molar-refractivity contribution in [2.75, 3.05) is 19.6 Å². The highest BCUT2D eigenvalue weighted by atomic mass is 16.5. The predicted molar refractivity (Wildman–Crippen MR) is 94.9 cm³/mol. The Morgan fingerprint density at radius 3 is 2.85 bits per heavy atom. The smallest absolute Gasteiger partial charge is 0.407 e. The van der Waals surface area contributed by atoms with Crippen LogP contribution in [0.3, 0.4) is 0 Å². The summed E-state index contributed by atoms with van der Waals surface area (Å²) in [5.41, 5.74) is 3.35. The van der Waals surface area contributed by atoms with Gasteiger partial charge in [-0.3, -0.25) is 4.90 Å². The first-order valence-electron chi connectivity index (χ1n) is 8.92. The van der Waals surface area contributed by atoms with Gasteiger partial charge in [-0.15, -0.1) is 0 Å². The number of likely N-dealkylation sites (tertiary alicyclic amines) is 1. The maximum absolute atomic E-state index is 11.1. The van der Waals surface area contributed by atoms with E-state index in [9.17, 15) is 4.79 Å². The average Bonchev–Trinajstić information content (AvgIpc) is 3.12. The molecule has 2 aliphatic heterocycles. The molecule has 0 bridgehead atoms. The van der Waals surface area contributed by atoms with E-state index < -0.39 is 6.09 Å². The van der Waals surface area contributed by atoms with E-state index in [1.54, 1.807) is 6.33 Å². The second-order valence-corrected chi connectivity index (χ2v) is 6.81. The molecule has 0 aliphatic carbocycles. The summed E-state index contributed by atoms with van der Waals surface area (Å²) >= 11 is 0. The zero-order chi connectivity index (χ0) is 17.9.